The van der Waals surface area contributed by atoms with E-state index in [0.717, 1.165) is 6.54 Å². The van der Waals surface area contributed by atoms with Crippen LogP contribution in [-0.2, 0) is 6.54 Å². The van der Waals surface area contributed by atoms with E-state index in [9.17, 15) is 0 Å². The van der Waals surface area contributed by atoms with Crippen molar-refractivity contribution in [3.63, 3.8) is 0 Å². The van der Waals surface area contributed by atoms with Crippen molar-refractivity contribution in [2.75, 3.05) is 0 Å². The van der Waals surface area contributed by atoms with Crippen LogP contribution in [0.15, 0.2) is 30.5 Å². The minimum Gasteiger partial charge on any atom is -0.345 e. The van der Waals surface area contributed by atoms with Gasteiger partial charge in [-0.1, -0.05) is 32.0 Å². The molecule has 0 bridgehead atoms. The maximum Gasteiger partial charge on any atom is 0.0486 e. The van der Waals surface area contributed by atoms with Crippen molar-refractivity contribution in [1.82, 2.24) is 9.88 Å². The molecule has 1 N–H and O–H groups in total. The summed E-state index contributed by atoms with van der Waals surface area (Å²) < 4.78 is 2.35. The average Bonchev–Trinajstić information content (AvgIpc) is 2.65. The minimum atomic E-state index is 0. The number of nitrogens with one attached hydrogen (secondary N) is 1. The van der Waals surface area contributed by atoms with Gasteiger partial charge in [-0.25, -0.2) is 0 Å². The molecule has 0 aliphatic heterocycles. The largest absolute Gasteiger partial charge is 0.345 e. The molecule has 0 aliphatic rings. The molecule has 2 rings (SSSR count). The van der Waals surface area contributed by atoms with E-state index in [4.69, 9.17) is 0 Å². The van der Waals surface area contributed by atoms with E-state index in [1.54, 1.807) is 0 Å². The first-order chi connectivity index (χ1) is 8.09. The molecule has 0 fully saturated rings. The number of halogens is 1. The third kappa shape index (κ3) is 3.06. The fourth-order valence-corrected chi connectivity index (χ4v) is 2.16. The lowest BCUT2D eigenvalue weighted by atomic mass is 10.1. The van der Waals surface area contributed by atoms with E-state index >= 15 is 0 Å². The summed E-state index contributed by atoms with van der Waals surface area (Å²) in [6.45, 7) is 9.76. The molecule has 0 amide bonds. The molecule has 0 saturated carbocycles. The van der Waals surface area contributed by atoms with Gasteiger partial charge in [-0.05, 0) is 25.5 Å². The summed E-state index contributed by atoms with van der Waals surface area (Å²) in [5, 5.41) is 4.86. The first-order valence-electron chi connectivity index (χ1n) is 6.41. The average molecular weight is 267 g/mol. The van der Waals surface area contributed by atoms with Crippen LogP contribution in [0.5, 0.6) is 0 Å². The fraction of sp³-hybridized carbons (Fsp3) is 0.467. The molecular formula is C15H23ClN2. The van der Waals surface area contributed by atoms with Gasteiger partial charge in [0.2, 0.25) is 0 Å². The Hall–Kier alpha value is -0.990. The molecule has 2 aromatic rings. The molecule has 3 heteroatoms. The third-order valence-corrected chi connectivity index (χ3v) is 3.08. The highest BCUT2D eigenvalue weighted by Crippen LogP contribution is 2.24. The summed E-state index contributed by atoms with van der Waals surface area (Å²) in [6.07, 6.45) is 2.28. The van der Waals surface area contributed by atoms with Gasteiger partial charge in [0.05, 0.1) is 0 Å². The van der Waals surface area contributed by atoms with Crippen molar-refractivity contribution in [3.8, 4) is 0 Å². The molecule has 0 unspecified atom stereocenters. The van der Waals surface area contributed by atoms with E-state index in [-0.39, 0.29) is 12.4 Å². The summed E-state index contributed by atoms with van der Waals surface area (Å²) in [5.74, 6) is 0. The summed E-state index contributed by atoms with van der Waals surface area (Å²) in [6, 6.07) is 9.68. The lowest BCUT2D eigenvalue weighted by Gasteiger charge is -2.08. The zero-order chi connectivity index (χ0) is 12.4. The van der Waals surface area contributed by atoms with Gasteiger partial charge in [-0.15, -0.1) is 12.4 Å². The molecule has 1 aromatic carbocycles. The zero-order valence-corrected chi connectivity index (χ0v) is 12.4. The Morgan fingerprint density at radius 1 is 1.11 bits per heavy atom. The zero-order valence-electron chi connectivity index (χ0n) is 11.6. The van der Waals surface area contributed by atoms with Crippen LogP contribution in [-0.4, -0.2) is 10.6 Å². The molecule has 100 valence electrons. The van der Waals surface area contributed by atoms with Crippen LogP contribution in [0.4, 0.5) is 0 Å². The molecule has 1 aromatic heterocycles. The van der Waals surface area contributed by atoms with E-state index in [0.29, 0.717) is 12.1 Å². The van der Waals surface area contributed by atoms with Gasteiger partial charge in [-0.2, -0.15) is 0 Å². The van der Waals surface area contributed by atoms with Crippen molar-refractivity contribution in [3.05, 3.63) is 36.0 Å². The monoisotopic (exact) mass is 266 g/mol. The predicted molar refractivity (Wildman–Crippen MR) is 81.5 cm³/mol. The van der Waals surface area contributed by atoms with Gasteiger partial charge in [0, 0.05) is 35.7 Å². The standard InChI is InChI=1S/C15H22N2.ClH/c1-11(2)16-9-13-10-17(12(3)4)15-8-6-5-7-14(13)15;/h5-8,10-12,16H,9H2,1-4H3;1H. The van der Waals surface area contributed by atoms with Crippen LogP contribution in [0.2, 0.25) is 0 Å². The summed E-state index contributed by atoms with van der Waals surface area (Å²) in [4.78, 5) is 0. The van der Waals surface area contributed by atoms with E-state index in [2.05, 4.69) is 68.0 Å². The number of aromatic nitrogens is 1. The quantitative estimate of drug-likeness (QED) is 0.880. The first kappa shape index (κ1) is 15.1. The summed E-state index contributed by atoms with van der Waals surface area (Å²) in [7, 11) is 0. The Bertz CT molecular complexity index is 500. The van der Waals surface area contributed by atoms with Gasteiger partial charge < -0.3 is 9.88 Å². The van der Waals surface area contributed by atoms with Crippen molar-refractivity contribution in [2.45, 2.75) is 46.3 Å². The maximum absolute atomic E-state index is 3.49. The SMILES string of the molecule is CC(C)NCc1cn(C(C)C)c2ccccc12.Cl. The number of para-hydroxylation sites is 1. The van der Waals surface area contributed by atoms with Gasteiger partial charge in [0.1, 0.15) is 0 Å². The van der Waals surface area contributed by atoms with Crippen molar-refractivity contribution < 1.29 is 0 Å². The highest BCUT2D eigenvalue weighted by atomic mass is 35.5. The smallest absolute Gasteiger partial charge is 0.0486 e. The molecule has 0 spiro atoms. The Labute approximate surface area is 116 Å². The van der Waals surface area contributed by atoms with E-state index in [1.807, 2.05) is 0 Å². The van der Waals surface area contributed by atoms with Crippen molar-refractivity contribution in [2.24, 2.45) is 0 Å². The maximum atomic E-state index is 3.49. The number of hydrogen-bond donors (Lipinski definition) is 1. The molecule has 0 saturated heterocycles. The van der Waals surface area contributed by atoms with Gasteiger partial charge in [0.15, 0.2) is 0 Å². The number of rotatable bonds is 4. The summed E-state index contributed by atoms with van der Waals surface area (Å²) >= 11 is 0. The van der Waals surface area contributed by atoms with Gasteiger partial charge >= 0.3 is 0 Å². The summed E-state index contributed by atoms with van der Waals surface area (Å²) in [5.41, 5.74) is 2.73. The topological polar surface area (TPSA) is 17.0 Å². The molecule has 0 radical (unpaired) electrons. The Morgan fingerprint density at radius 2 is 1.78 bits per heavy atom. The van der Waals surface area contributed by atoms with Crippen molar-refractivity contribution in [1.29, 1.82) is 0 Å². The Morgan fingerprint density at radius 3 is 2.39 bits per heavy atom. The highest BCUT2D eigenvalue weighted by molar-refractivity contribution is 5.85. The number of fused-ring (bicyclic) bond motifs is 1. The van der Waals surface area contributed by atoms with Crippen molar-refractivity contribution >= 4 is 23.3 Å². The Balaban J connectivity index is 0.00000162. The van der Waals surface area contributed by atoms with Crippen LogP contribution < -0.4 is 5.32 Å². The first-order valence-corrected chi connectivity index (χ1v) is 6.41. The fourth-order valence-electron chi connectivity index (χ4n) is 2.16. The molecule has 1 heterocycles. The van der Waals surface area contributed by atoms with Crippen LogP contribution in [0, 0.1) is 0 Å². The van der Waals surface area contributed by atoms with Crippen LogP contribution >= 0.6 is 12.4 Å². The second-order valence-electron chi connectivity index (χ2n) is 5.21. The Kier molecular flexibility index (Phi) is 5.24. The third-order valence-electron chi connectivity index (χ3n) is 3.08. The number of hydrogen-bond acceptors (Lipinski definition) is 1. The van der Waals surface area contributed by atoms with E-state index < -0.39 is 0 Å². The molecule has 2 nitrogen and oxygen atoms in total. The predicted octanol–water partition coefficient (Wildman–Crippen LogP) is 4.14. The lowest BCUT2D eigenvalue weighted by Crippen LogP contribution is -2.21. The minimum absolute atomic E-state index is 0. The van der Waals surface area contributed by atoms with Gasteiger partial charge in [0.25, 0.3) is 0 Å². The molecule has 0 aliphatic carbocycles. The number of benzene rings is 1. The second kappa shape index (κ2) is 6.26. The number of nitrogens with zero attached hydrogens (tertiary/aromatic N) is 1. The van der Waals surface area contributed by atoms with Crippen LogP contribution in [0.3, 0.4) is 0 Å². The normalized spacial score (nSPS) is 11.2. The highest BCUT2D eigenvalue weighted by Gasteiger charge is 2.09. The molecule has 0 atom stereocenters. The molecule has 18 heavy (non-hydrogen) atoms. The van der Waals surface area contributed by atoms with E-state index in [1.165, 1.54) is 16.5 Å². The van der Waals surface area contributed by atoms with Gasteiger partial charge in [-0.3, -0.25) is 0 Å². The second-order valence-corrected chi connectivity index (χ2v) is 5.21. The van der Waals surface area contributed by atoms with Crippen LogP contribution in [0.1, 0.15) is 39.3 Å². The lowest BCUT2D eigenvalue weighted by molar-refractivity contribution is 0.583. The molecular weight excluding hydrogens is 244 g/mol. The van der Waals surface area contributed by atoms with Crippen LogP contribution in [0.25, 0.3) is 10.9 Å².